The zero-order valence-electron chi connectivity index (χ0n) is 18.2. The molecule has 0 aromatic heterocycles. The Hall–Kier alpha value is -2.48. The van der Waals surface area contributed by atoms with Gasteiger partial charge in [-0.15, -0.1) is 0 Å². The Balaban J connectivity index is 1.77. The van der Waals surface area contributed by atoms with Gasteiger partial charge in [0, 0.05) is 11.1 Å². The molecular weight excluding hydrogens is 374 g/mol. The fraction of sp³-hybridized carbons (Fsp3) is 0.357. The smallest absolute Gasteiger partial charge is 0.166 e. The lowest BCUT2D eigenvalue weighted by Gasteiger charge is -2.07. The molecule has 30 heavy (non-hydrogen) atoms. The Morgan fingerprint density at radius 1 is 0.567 bits per heavy atom. The average molecular weight is 407 g/mol. The number of hydrogen-bond acceptors (Lipinski definition) is 0. The maximum Gasteiger partial charge on any atom is 0.166 e. The van der Waals surface area contributed by atoms with Gasteiger partial charge < -0.3 is 0 Å². The molecule has 0 amide bonds. The number of rotatable bonds is 10. The Morgan fingerprint density at radius 2 is 1.07 bits per heavy atom. The molecule has 0 bridgehead atoms. The first-order valence-electron chi connectivity index (χ1n) is 11.3. The van der Waals surface area contributed by atoms with Crippen LogP contribution in [0.25, 0.3) is 22.4 Å². The van der Waals surface area contributed by atoms with Crippen molar-refractivity contribution in [1.82, 2.24) is 0 Å². The lowest BCUT2D eigenvalue weighted by atomic mass is 10.00. The van der Waals surface area contributed by atoms with Crippen LogP contribution in [-0.2, 0) is 12.8 Å². The summed E-state index contributed by atoms with van der Waals surface area (Å²) in [6, 6.07) is 18.7. The SMILES string of the molecule is CCCCCc1ccc(C(F)=C(F)c2ccc3cc(CCCCC)ccc3c2)cc1. The van der Waals surface area contributed by atoms with E-state index in [4.69, 9.17) is 0 Å². The Kier molecular flexibility index (Phi) is 8.19. The molecule has 0 radical (unpaired) electrons. The molecular formula is C28H32F2. The number of unbranched alkanes of at least 4 members (excludes halogenated alkanes) is 4. The molecule has 0 N–H and O–H groups in total. The van der Waals surface area contributed by atoms with E-state index in [2.05, 4.69) is 26.0 Å². The molecule has 0 heterocycles. The third-order valence-electron chi connectivity index (χ3n) is 5.70. The predicted octanol–water partition coefficient (Wildman–Crippen LogP) is 9.07. The number of aryl methyl sites for hydroxylation is 2. The van der Waals surface area contributed by atoms with Crippen molar-refractivity contribution in [3.05, 3.63) is 82.9 Å². The van der Waals surface area contributed by atoms with Crippen LogP contribution in [0.15, 0.2) is 60.7 Å². The summed E-state index contributed by atoms with van der Waals surface area (Å²) in [5.41, 5.74) is 3.04. The van der Waals surface area contributed by atoms with Crippen LogP contribution in [0.3, 0.4) is 0 Å². The van der Waals surface area contributed by atoms with Crippen molar-refractivity contribution in [2.24, 2.45) is 0 Å². The summed E-state index contributed by atoms with van der Waals surface area (Å²) in [6.45, 7) is 4.37. The normalized spacial score (nSPS) is 12.3. The van der Waals surface area contributed by atoms with Gasteiger partial charge in [0.25, 0.3) is 0 Å². The van der Waals surface area contributed by atoms with Crippen LogP contribution in [0.5, 0.6) is 0 Å². The summed E-state index contributed by atoms with van der Waals surface area (Å²) in [6.07, 6.45) is 9.14. The number of hydrogen-bond donors (Lipinski definition) is 0. The largest absolute Gasteiger partial charge is 0.203 e. The van der Waals surface area contributed by atoms with E-state index in [0.29, 0.717) is 0 Å². The topological polar surface area (TPSA) is 0 Å². The Bertz CT molecular complexity index is 983. The van der Waals surface area contributed by atoms with E-state index in [-0.39, 0.29) is 11.1 Å². The van der Waals surface area contributed by atoms with Gasteiger partial charge in [0.2, 0.25) is 0 Å². The lowest BCUT2D eigenvalue weighted by molar-refractivity contribution is 0.699. The van der Waals surface area contributed by atoms with Gasteiger partial charge in [-0.2, -0.15) is 0 Å². The molecule has 0 aliphatic rings. The molecule has 0 nitrogen and oxygen atoms in total. The van der Waals surface area contributed by atoms with Crippen molar-refractivity contribution >= 4 is 22.4 Å². The highest BCUT2D eigenvalue weighted by molar-refractivity contribution is 5.90. The van der Waals surface area contributed by atoms with Crippen molar-refractivity contribution in [1.29, 1.82) is 0 Å². The molecule has 3 aromatic carbocycles. The molecule has 158 valence electrons. The summed E-state index contributed by atoms with van der Waals surface area (Å²) < 4.78 is 29.7. The first-order chi connectivity index (χ1) is 14.6. The number of fused-ring (bicyclic) bond motifs is 1. The van der Waals surface area contributed by atoms with E-state index >= 15 is 0 Å². The molecule has 0 atom stereocenters. The lowest BCUT2D eigenvalue weighted by Crippen LogP contribution is -1.89. The minimum Gasteiger partial charge on any atom is -0.203 e. The van der Waals surface area contributed by atoms with Crippen LogP contribution >= 0.6 is 0 Å². The van der Waals surface area contributed by atoms with Crippen molar-refractivity contribution in [2.45, 2.75) is 65.2 Å². The van der Waals surface area contributed by atoms with Gasteiger partial charge in [-0.25, -0.2) is 8.78 Å². The quantitative estimate of drug-likeness (QED) is 0.233. The molecule has 3 aromatic rings. The first-order valence-corrected chi connectivity index (χ1v) is 11.3. The minimum atomic E-state index is -0.803. The van der Waals surface area contributed by atoms with Crippen LogP contribution in [0.1, 0.15) is 74.6 Å². The van der Waals surface area contributed by atoms with Crippen LogP contribution < -0.4 is 0 Å². The summed E-state index contributed by atoms with van der Waals surface area (Å²) in [7, 11) is 0. The summed E-state index contributed by atoms with van der Waals surface area (Å²) in [4.78, 5) is 0. The third-order valence-corrected chi connectivity index (χ3v) is 5.70. The van der Waals surface area contributed by atoms with E-state index in [9.17, 15) is 8.78 Å². The fourth-order valence-electron chi connectivity index (χ4n) is 3.82. The van der Waals surface area contributed by atoms with Gasteiger partial charge in [0.05, 0.1) is 0 Å². The maximum atomic E-state index is 14.9. The van der Waals surface area contributed by atoms with Crippen LogP contribution in [0.4, 0.5) is 8.78 Å². The molecule has 0 aliphatic carbocycles. The van der Waals surface area contributed by atoms with E-state index in [1.54, 1.807) is 24.3 Å². The first kappa shape index (κ1) is 22.2. The standard InChI is InChI=1S/C28H32F2/c1-3-5-7-9-21-11-14-23(15-12-21)27(29)28(30)26-18-17-24-19-22(10-8-6-4-2)13-16-25(24)20-26/h11-20H,3-10H2,1-2H3. The summed E-state index contributed by atoms with van der Waals surface area (Å²) in [5, 5.41) is 2.00. The van der Waals surface area contributed by atoms with Crippen molar-refractivity contribution < 1.29 is 8.78 Å². The highest BCUT2D eigenvalue weighted by Gasteiger charge is 2.12. The second-order valence-electron chi connectivity index (χ2n) is 8.14. The van der Waals surface area contributed by atoms with Gasteiger partial charge in [-0.1, -0.05) is 94.1 Å². The van der Waals surface area contributed by atoms with Crippen LogP contribution in [0.2, 0.25) is 0 Å². The van der Waals surface area contributed by atoms with Crippen molar-refractivity contribution in [3.63, 3.8) is 0 Å². The number of halogens is 2. The van der Waals surface area contributed by atoms with Gasteiger partial charge in [0.1, 0.15) is 0 Å². The molecule has 2 heteroatoms. The second-order valence-corrected chi connectivity index (χ2v) is 8.14. The van der Waals surface area contributed by atoms with Gasteiger partial charge in [-0.3, -0.25) is 0 Å². The van der Waals surface area contributed by atoms with Gasteiger partial charge in [-0.05, 0) is 53.6 Å². The second kappa shape index (κ2) is 11.1. The van der Waals surface area contributed by atoms with E-state index < -0.39 is 11.7 Å². The maximum absolute atomic E-state index is 14.9. The highest BCUT2D eigenvalue weighted by atomic mass is 19.2. The molecule has 0 saturated heterocycles. The van der Waals surface area contributed by atoms with Gasteiger partial charge in [0.15, 0.2) is 11.7 Å². The Labute approximate surface area is 179 Å². The third kappa shape index (κ3) is 5.78. The molecule has 3 rings (SSSR count). The fourth-order valence-corrected chi connectivity index (χ4v) is 3.82. The predicted molar refractivity (Wildman–Crippen MR) is 126 cm³/mol. The minimum absolute atomic E-state index is 0.283. The zero-order valence-corrected chi connectivity index (χ0v) is 18.2. The van der Waals surface area contributed by atoms with Crippen molar-refractivity contribution in [3.8, 4) is 0 Å². The zero-order chi connectivity index (χ0) is 21.3. The monoisotopic (exact) mass is 406 g/mol. The van der Waals surface area contributed by atoms with Crippen LogP contribution in [-0.4, -0.2) is 0 Å². The molecule has 0 saturated carbocycles. The molecule has 0 spiro atoms. The van der Waals surface area contributed by atoms with Crippen LogP contribution in [0, 0.1) is 0 Å². The van der Waals surface area contributed by atoms with Crippen molar-refractivity contribution in [2.75, 3.05) is 0 Å². The van der Waals surface area contributed by atoms with E-state index in [1.807, 2.05) is 24.3 Å². The summed E-state index contributed by atoms with van der Waals surface area (Å²) >= 11 is 0. The molecule has 0 unspecified atom stereocenters. The molecule has 0 fully saturated rings. The van der Waals surface area contributed by atoms with Gasteiger partial charge >= 0.3 is 0 Å². The van der Waals surface area contributed by atoms with E-state index in [0.717, 1.165) is 30.0 Å². The summed E-state index contributed by atoms with van der Waals surface area (Å²) in [5.74, 6) is -1.60. The van der Waals surface area contributed by atoms with E-state index in [1.165, 1.54) is 43.2 Å². The average Bonchev–Trinajstić information content (AvgIpc) is 2.78. The number of benzene rings is 3. The highest BCUT2D eigenvalue weighted by Crippen LogP contribution is 2.31. The molecule has 0 aliphatic heterocycles. The Morgan fingerprint density at radius 3 is 1.73 bits per heavy atom.